The third-order valence-corrected chi connectivity index (χ3v) is 6.37. The zero-order valence-electron chi connectivity index (χ0n) is 16.1. The van der Waals surface area contributed by atoms with Crippen molar-refractivity contribution in [2.75, 3.05) is 5.32 Å². The average Bonchev–Trinajstić information content (AvgIpc) is 3.07. The van der Waals surface area contributed by atoms with Crippen LogP contribution in [0.3, 0.4) is 0 Å². The molecule has 1 unspecified atom stereocenters. The highest BCUT2D eigenvalue weighted by atomic mass is 35.5. The Labute approximate surface area is 186 Å². The van der Waals surface area contributed by atoms with Gasteiger partial charge in [0.15, 0.2) is 0 Å². The van der Waals surface area contributed by atoms with Crippen LogP contribution in [0.5, 0.6) is 0 Å². The van der Waals surface area contributed by atoms with Crippen LogP contribution >= 0.6 is 34.5 Å². The zero-order valence-corrected chi connectivity index (χ0v) is 18.5. The van der Waals surface area contributed by atoms with Crippen molar-refractivity contribution >= 4 is 56.3 Å². The summed E-state index contributed by atoms with van der Waals surface area (Å²) in [4.78, 5) is 32.2. The van der Waals surface area contributed by atoms with Gasteiger partial charge in [-0.05, 0) is 55.8 Å². The number of halogens is 2. The van der Waals surface area contributed by atoms with E-state index < -0.39 is 6.04 Å². The Morgan fingerprint density at radius 1 is 1.07 bits per heavy atom. The summed E-state index contributed by atoms with van der Waals surface area (Å²) in [5.41, 5.74) is 2.06. The SMILES string of the molecule is Cc1sc2ncn(C(C)C(=O)Nc3ccc(Cl)cc3)c(=O)c2c1-c1ccc(Cl)cc1. The number of carbonyl (C=O) groups excluding carboxylic acids is 1. The summed E-state index contributed by atoms with van der Waals surface area (Å²) >= 11 is 13.4. The van der Waals surface area contributed by atoms with Crippen LogP contribution < -0.4 is 10.9 Å². The third kappa shape index (κ3) is 3.86. The Bertz CT molecular complexity index is 1300. The lowest BCUT2D eigenvalue weighted by Crippen LogP contribution is -2.31. The van der Waals surface area contributed by atoms with E-state index in [0.29, 0.717) is 25.9 Å². The van der Waals surface area contributed by atoms with Gasteiger partial charge in [0.05, 0.1) is 11.7 Å². The van der Waals surface area contributed by atoms with Crippen molar-refractivity contribution in [2.24, 2.45) is 0 Å². The number of hydrogen-bond donors (Lipinski definition) is 1. The van der Waals surface area contributed by atoms with Crippen LogP contribution in [0, 0.1) is 6.92 Å². The molecule has 152 valence electrons. The first kappa shape index (κ1) is 20.6. The van der Waals surface area contributed by atoms with Crippen molar-refractivity contribution in [2.45, 2.75) is 19.9 Å². The summed E-state index contributed by atoms with van der Waals surface area (Å²) in [5.74, 6) is -0.319. The number of nitrogens with zero attached hydrogens (tertiary/aromatic N) is 2. The molecule has 5 nitrogen and oxygen atoms in total. The van der Waals surface area contributed by atoms with Crippen molar-refractivity contribution in [1.29, 1.82) is 0 Å². The van der Waals surface area contributed by atoms with Gasteiger partial charge in [-0.1, -0.05) is 35.3 Å². The van der Waals surface area contributed by atoms with Crippen LogP contribution in [-0.2, 0) is 4.79 Å². The van der Waals surface area contributed by atoms with Crippen LogP contribution in [0.1, 0.15) is 17.8 Å². The number of fused-ring (bicyclic) bond motifs is 1. The molecule has 0 bridgehead atoms. The van der Waals surface area contributed by atoms with Crippen molar-refractivity contribution in [1.82, 2.24) is 9.55 Å². The van der Waals surface area contributed by atoms with E-state index in [-0.39, 0.29) is 11.5 Å². The van der Waals surface area contributed by atoms with E-state index in [9.17, 15) is 9.59 Å². The molecule has 0 spiro atoms. The smallest absolute Gasteiger partial charge is 0.263 e. The van der Waals surface area contributed by atoms with E-state index in [1.165, 1.54) is 22.2 Å². The molecule has 4 aromatic rings. The number of nitrogens with one attached hydrogen (secondary N) is 1. The predicted octanol–water partition coefficient (Wildman–Crippen LogP) is 5.94. The summed E-state index contributed by atoms with van der Waals surface area (Å²) in [7, 11) is 0. The summed E-state index contributed by atoms with van der Waals surface area (Å²) in [6.45, 7) is 3.62. The monoisotopic (exact) mass is 457 g/mol. The molecule has 1 N–H and O–H groups in total. The van der Waals surface area contributed by atoms with E-state index in [1.807, 2.05) is 19.1 Å². The van der Waals surface area contributed by atoms with E-state index in [0.717, 1.165) is 16.0 Å². The third-order valence-electron chi connectivity index (χ3n) is 4.85. The maximum atomic E-state index is 13.4. The number of aromatic nitrogens is 2. The lowest BCUT2D eigenvalue weighted by atomic mass is 10.0. The minimum absolute atomic E-state index is 0.256. The van der Waals surface area contributed by atoms with Crippen molar-refractivity contribution in [3.63, 3.8) is 0 Å². The molecule has 0 saturated carbocycles. The van der Waals surface area contributed by atoms with Gasteiger partial charge in [-0.2, -0.15) is 0 Å². The first-order valence-electron chi connectivity index (χ1n) is 9.18. The van der Waals surface area contributed by atoms with E-state index >= 15 is 0 Å². The standard InChI is InChI=1S/C22H17Cl2N3O2S/c1-12(20(28)26-17-9-7-16(24)8-10-17)27-11-25-21-19(22(27)29)18(13(2)30-21)14-3-5-15(23)6-4-14/h3-12H,1-2H3,(H,26,28). The van der Waals surface area contributed by atoms with E-state index in [4.69, 9.17) is 23.2 Å². The zero-order chi connectivity index (χ0) is 21.4. The number of benzene rings is 2. The highest BCUT2D eigenvalue weighted by Gasteiger charge is 2.22. The fraction of sp³-hybridized carbons (Fsp3) is 0.136. The maximum absolute atomic E-state index is 13.4. The van der Waals surface area contributed by atoms with Crippen molar-refractivity contribution in [3.8, 4) is 11.1 Å². The molecule has 0 fully saturated rings. The Morgan fingerprint density at radius 3 is 2.30 bits per heavy atom. The van der Waals surface area contributed by atoms with Gasteiger partial charge in [-0.15, -0.1) is 11.3 Å². The Kier molecular flexibility index (Phi) is 5.64. The number of anilines is 1. The fourth-order valence-electron chi connectivity index (χ4n) is 3.26. The minimum Gasteiger partial charge on any atom is -0.324 e. The first-order chi connectivity index (χ1) is 14.3. The van der Waals surface area contributed by atoms with Gasteiger partial charge in [0.2, 0.25) is 5.91 Å². The summed E-state index contributed by atoms with van der Waals surface area (Å²) in [5, 5.41) is 4.51. The van der Waals surface area contributed by atoms with E-state index in [1.54, 1.807) is 43.3 Å². The van der Waals surface area contributed by atoms with Crippen LogP contribution in [0.2, 0.25) is 10.0 Å². The fourth-order valence-corrected chi connectivity index (χ4v) is 4.52. The highest BCUT2D eigenvalue weighted by Crippen LogP contribution is 2.36. The number of amides is 1. The number of thiophene rings is 1. The van der Waals surface area contributed by atoms with Crippen molar-refractivity contribution in [3.05, 3.63) is 80.1 Å². The normalized spacial score (nSPS) is 12.1. The predicted molar refractivity (Wildman–Crippen MR) is 124 cm³/mol. The molecule has 30 heavy (non-hydrogen) atoms. The van der Waals surface area contributed by atoms with Gasteiger partial charge in [0, 0.05) is 26.2 Å². The first-order valence-corrected chi connectivity index (χ1v) is 10.7. The number of hydrogen-bond acceptors (Lipinski definition) is 4. The quantitative estimate of drug-likeness (QED) is 0.412. The van der Waals surface area contributed by atoms with E-state index in [2.05, 4.69) is 10.3 Å². The Balaban J connectivity index is 1.74. The van der Waals surface area contributed by atoms with Gasteiger partial charge in [-0.3, -0.25) is 14.2 Å². The minimum atomic E-state index is -0.747. The van der Waals surface area contributed by atoms with Gasteiger partial charge in [0.1, 0.15) is 10.9 Å². The highest BCUT2D eigenvalue weighted by molar-refractivity contribution is 7.19. The molecule has 1 amide bonds. The second kappa shape index (κ2) is 8.22. The lowest BCUT2D eigenvalue weighted by Gasteiger charge is -2.15. The van der Waals surface area contributed by atoms with Gasteiger partial charge < -0.3 is 5.32 Å². The molecule has 8 heteroatoms. The van der Waals surface area contributed by atoms with Gasteiger partial charge in [0.25, 0.3) is 5.56 Å². The van der Waals surface area contributed by atoms with Gasteiger partial charge >= 0.3 is 0 Å². The summed E-state index contributed by atoms with van der Waals surface area (Å²) in [6, 6.07) is 13.4. The van der Waals surface area contributed by atoms with Crippen LogP contribution in [0.4, 0.5) is 5.69 Å². The molecule has 1 atom stereocenters. The molecule has 2 aromatic carbocycles. The Morgan fingerprint density at radius 2 is 1.67 bits per heavy atom. The molecule has 0 radical (unpaired) electrons. The van der Waals surface area contributed by atoms with Crippen LogP contribution in [0.25, 0.3) is 21.3 Å². The molecule has 0 saturated heterocycles. The molecule has 4 rings (SSSR count). The molecule has 0 aliphatic rings. The second-order valence-corrected chi connectivity index (χ2v) is 8.93. The van der Waals surface area contributed by atoms with Crippen LogP contribution in [0.15, 0.2) is 59.7 Å². The van der Waals surface area contributed by atoms with Gasteiger partial charge in [-0.25, -0.2) is 4.98 Å². The topological polar surface area (TPSA) is 64.0 Å². The molecule has 2 aromatic heterocycles. The Hall–Kier alpha value is -2.67. The largest absolute Gasteiger partial charge is 0.324 e. The van der Waals surface area contributed by atoms with Crippen LogP contribution in [-0.4, -0.2) is 15.5 Å². The number of aryl methyl sites for hydroxylation is 1. The molecular weight excluding hydrogens is 441 g/mol. The summed E-state index contributed by atoms with van der Waals surface area (Å²) < 4.78 is 1.36. The molecule has 0 aliphatic heterocycles. The van der Waals surface area contributed by atoms with Crippen molar-refractivity contribution < 1.29 is 4.79 Å². The molecule has 0 aliphatic carbocycles. The summed E-state index contributed by atoms with van der Waals surface area (Å²) in [6.07, 6.45) is 1.43. The lowest BCUT2D eigenvalue weighted by molar-refractivity contribution is -0.118. The molecule has 2 heterocycles. The molecular formula is C22H17Cl2N3O2S. The average molecular weight is 458 g/mol. The maximum Gasteiger partial charge on any atom is 0.263 e. The number of carbonyl (C=O) groups is 1. The number of rotatable bonds is 4. The second-order valence-electron chi connectivity index (χ2n) is 6.85.